The summed E-state index contributed by atoms with van der Waals surface area (Å²) in [5.74, 6) is -0.426. The number of pyridine rings is 1. The number of nitrogens with zero attached hydrogens (tertiary/aromatic N) is 3. The number of piperidine rings is 1. The molecule has 180 valence electrons. The molecule has 5 rings (SSSR count). The van der Waals surface area contributed by atoms with Gasteiger partial charge in [-0.2, -0.15) is 0 Å². The van der Waals surface area contributed by atoms with Gasteiger partial charge in [-0.3, -0.25) is 9.78 Å². The Labute approximate surface area is 208 Å². The van der Waals surface area contributed by atoms with Crippen LogP contribution in [0.2, 0.25) is 5.02 Å². The lowest BCUT2D eigenvalue weighted by Crippen LogP contribution is -2.67. The van der Waals surface area contributed by atoms with E-state index in [1.54, 1.807) is 40.3 Å². The van der Waals surface area contributed by atoms with E-state index in [0.29, 0.717) is 36.6 Å². The molecule has 1 spiro atoms. The van der Waals surface area contributed by atoms with Crippen LogP contribution in [0.5, 0.6) is 0 Å². The molecule has 3 amide bonds. The molecule has 6 nitrogen and oxygen atoms in total. The number of carbonyl (C=O) groups excluding carboxylic acids is 2. The van der Waals surface area contributed by atoms with Crippen LogP contribution in [0, 0.1) is 11.2 Å². The second kappa shape index (κ2) is 9.30. The van der Waals surface area contributed by atoms with Crippen LogP contribution in [0.3, 0.4) is 0 Å². The van der Waals surface area contributed by atoms with Crippen LogP contribution in [0.15, 0.2) is 72.9 Å². The smallest absolute Gasteiger partial charge is 0.317 e. The van der Waals surface area contributed by atoms with Crippen LogP contribution in [-0.2, 0) is 4.79 Å². The first-order valence-electron chi connectivity index (χ1n) is 11.7. The van der Waals surface area contributed by atoms with Gasteiger partial charge in [0, 0.05) is 30.0 Å². The Hall–Kier alpha value is -3.45. The number of urea groups is 1. The van der Waals surface area contributed by atoms with Crippen LogP contribution in [0.25, 0.3) is 0 Å². The number of amides is 3. The fourth-order valence-corrected chi connectivity index (χ4v) is 5.37. The van der Waals surface area contributed by atoms with Crippen molar-refractivity contribution in [3.05, 3.63) is 95.0 Å². The number of halogens is 2. The molecule has 2 unspecified atom stereocenters. The van der Waals surface area contributed by atoms with E-state index in [1.807, 2.05) is 37.3 Å². The first-order chi connectivity index (χ1) is 16.9. The lowest BCUT2D eigenvalue weighted by atomic mass is 9.62. The predicted molar refractivity (Wildman–Crippen MR) is 133 cm³/mol. The van der Waals surface area contributed by atoms with Crippen molar-refractivity contribution in [3.8, 4) is 0 Å². The summed E-state index contributed by atoms with van der Waals surface area (Å²) < 4.78 is 14.0. The van der Waals surface area contributed by atoms with Gasteiger partial charge in [0.1, 0.15) is 5.82 Å². The van der Waals surface area contributed by atoms with Crippen molar-refractivity contribution in [1.82, 2.24) is 15.2 Å². The molecule has 0 saturated carbocycles. The Balaban J connectivity index is 1.35. The number of anilines is 1. The molecule has 3 heterocycles. The van der Waals surface area contributed by atoms with Gasteiger partial charge in [0.15, 0.2) is 0 Å². The van der Waals surface area contributed by atoms with Crippen molar-refractivity contribution in [2.24, 2.45) is 5.41 Å². The van der Waals surface area contributed by atoms with Crippen LogP contribution >= 0.6 is 11.6 Å². The molecule has 0 radical (unpaired) electrons. The second-order valence-electron chi connectivity index (χ2n) is 9.18. The summed E-state index contributed by atoms with van der Waals surface area (Å²) in [6.07, 6.45) is 2.75. The number of likely N-dealkylation sites (tertiary alicyclic amines) is 1. The Morgan fingerprint density at radius 3 is 2.51 bits per heavy atom. The molecule has 2 atom stereocenters. The zero-order chi connectivity index (χ0) is 24.6. The highest BCUT2D eigenvalue weighted by atomic mass is 35.5. The first kappa shape index (κ1) is 23.3. The van der Waals surface area contributed by atoms with Gasteiger partial charge in [-0.25, -0.2) is 9.18 Å². The largest absolute Gasteiger partial charge is 0.330 e. The van der Waals surface area contributed by atoms with E-state index in [0.717, 1.165) is 11.3 Å². The molecule has 1 N–H and O–H groups in total. The molecule has 2 aromatic carbocycles. The van der Waals surface area contributed by atoms with Crippen LogP contribution < -0.4 is 10.2 Å². The number of rotatable bonds is 4. The van der Waals surface area contributed by atoms with Gasteiger partial charge in [0.2, 0.25) is 5.91 Å². The highest BCUT2D eigenvalue weighted by Gasteiger charge is 2.62. The molecule has 1 aromatic heterocycles. The number of nitrogens with one attached hydrogen (secondary N) is 1. The minimum atomic E-state index is -0.649. The van der Waals surface area contributed by atoms with Crippen LogP contribution in [-0.4, -0.2) is 34.9 Å². The molecular formula is C27H26ClFN4O2. The summed E-state index contributed by atoms with van der Waals surface area (Å²) >= 11 is 6.11. The van der Waals surface area contributed by atoms with Crippen molar-refractivity contribution in [2.75, 3.05) is 18.0 Å². The van der Waals surface area contributed by atoms with E-state index in [9.17, 15) is 14.0 Å². The van der Waals surface area contributed by atoms with Crippen molar-refractivity contribution in [2.45, 2.75) is 31.8 Å². The van der Waals surface area contributed by atoms with Gasteiger partial charge >= 0.3 is 6.03 Å². The summed E-state index contributed by atoms with van der Waals surface area (Å²) in [5, 5.41) is 3.61. The van der Waals surface area contributed by atoms with Gasteiger partial charge < -0.3 is 15.1 Å². The molecule has 35 heavy (non-hydrogen) atoms. The number of β-lactam (4-membered cyclic amide) rings is 1. The van der Waals surface area contributed by atoms with Gasteiger partial charge in [0.05, 0.1) is 23.2 Å². The standard InChI is InChI=1S/C27H26ClFN4O2/c1-18(23-7-2-3-14-30-23)31-26(35)32-15-12-27(13-16-32)24(19-8-10-20(28)11-9-19)33(25(27)34)22-6-4-5-21(29)17-22/h2-11,14,17-18,24H,12-13,15-16H2,1H3,(H,31,35). The van der Waals surface area contributed by atoms with Crippen LogP contribution in [0.4, 0.5) is 14.9 Å². The summed E-state index contributed by atoms with van der Waals surface area (Å²) in [4.78, 5) is 34.2. The highest BCUT2D eigenvalue weighted by molar-refractivity contribution is 6.30. The summed E-state index contributed by atoms with van der Waals surface area (Å²) in [6.45, 7) is 2.80. The third-order valence-electron chi connectivity index (χ3n) is 7.11. The van der Waals surface area contributed by atoms with Gasteiger partial charge in [-0.1, -0.05) is 35.9 Å². The fraction of sp³-hybridized carbons (Fsp3) is 0.296. The predicted octanol–water partition coefficient (Wildman–Crippen LogP) is 5.52. The van der Waals surface area contributed by atoms with Crippen molar-refractivity contribution in [3.63, 3.8) is 0 Å². The number of aromatic nitrogens is 1. The third-order valence-corrected chi connectivity index (χ3v) is 7.36. The minimum absolute atomic E-state index is 0.0371. The molecular weight excluding hydrogens is 467 g/mol. The zero-order valence-corrected chi connectivity index (χ0v) is 20.1. The van der Waals surface area contributed by atoms with E-state index >= 15 is 0 Å². The van der Waals surface area contributed by atoms with Gasteiger partial charge in [0.25, 0.3) is 0 Å². The average molecular weight is 493 g/mol. The normalized spacial score (nSPS) is 19.9. The molecule has 2 aliphatic heterocycles. The topological polar surface area (TPSA) is 65.5 Å². The molecule has 2 fully saturated rings. The molecule has 2 aliphatic rings. The monoisotopic (exact) mass is 492 g/mol. The maximum Gasteiger partial charge on any atom is 0.317 e. The van der Waals surface area contributed by atoms with Crippen LogP contribution in [0.1, 0.15) is 43.1 Å². The van der Waals surface area contributed by atoms with Crippen molar-refractivity contribution < 1.29 is 14.0 Å². The average Bonchev–Trinajstić information content (AvgIpc) is 2.88. The lowest BCUT2D eigenvalue weighted by molar-refractivity contribution is -0.144. The third kappa shape index (κ3) is 4.25. The number of benzene rings is 2. The van der Waals surface area contributed by atoms with Gasteiger partial charge in [-0.15, -0.1) is 0 Å². The Bertz CT molecular complexity index is 1230. The fourth-order valence-electron chi connectivity index (χ4n) is 5.24. The number of hydrogen-bond donors (Lipinski definition) is 1. The van der Waals surface area contributed by atoms with E-state index in [-0.39, 0.29) is 29.8 Å². The Kier molecular flexibility index (Phi) is 6.19. The van der Waals surface area contributed by atoms with E-state index in [2.05, 4.69) is 10.3 Å². The van der Waals surface area contributed by atoms with Gasteiger partial charge in [-0.05, 0) is 67.8 Å². The molecule has 0 aliphatic carbocycles. The Morgan fingerprint density at radius 2 is 1.86 bits per heavy atom. The SMILES string of the molecule is CC(NC(=O)N1CCC2(CC1)C(=O)N(c1cccc(F)c1)C2c1ccc(Cl)cc1)c1ccccn1. The summed E-state index contributed by atoms with van der Waals surface area (Å²) in [6, 6.07) is 18.5. The quantitative estimate of drug-likeness (QED) is 0.488. The molecule has 0 bridgehead atoms. The molecule has 3 aromatic rings. The summed E-state index contributed by atoms with van der Waals surface area (Å²) in [5.41, 5.74) is 1.62. The summed E-state index contributed by atoms with van der Waals surface area (Å²) in [7, 11) is 0. The number of carbonyl (C=O) groups is 2. The maximum absolute atomic E-state index is 14.0. The van der Waals surface area contributed by atoms with E-state index < -0.39 is 5.41 Å². The second-order valence-corrected chi connectivity index (χ2v) is 9.61. The highest BCUT2D eigenvalue weighted by Crippen LogP contribution is 2.57. The van der Waals surface area contributed by atoms with E-state index in [1.165, 1.54) is 12.1 Å². The minimum Gasteiger partial charge on any atom is -0.330 e. The van der Waals surface area contributed by atoms with Crippen molar-refractivity contribution in [1.29, 1.82) is 0 Å². The molecule has 2 saturated heterocycles. The zero-order valence-electron chi connectivity index (χ0n) is 19.3. The number of hydrogen-bond acceptors (Lipinski definition) is 3. The lowest BCUT2D eigenvalue weighted by Gasteiger charge is -2.59. The maximum atomic E-state index is 14.0. The molecule has 8 heteroatoms. The first-order valence-corrected chi connectivity index (χ1v) is 12.1. The van der Waals surface area contributed by atoms with E-state index in [4.69, 9.17) is 11.6 Å². The Morgan fingerprint density at radius 1 is 1.11 bits per heavy atom. The van der Waals surface area contributed by atoms with Crippen molar-refractivity contribution >= 4 is 29.2 Å².